The second kappa shape index (κ2) is 5.59. The summed E-state index contributed by atoms with van der Waals surface area (Å²) in [6, 6.07) is 0. The van der Waals surface area contributed by atoms with Gasteiger partial charge in [0.15, 0.2) is 0 Å². The smallest absolute Gasteiger partial charge is 0.257 e. The highest BCUT2D eigenvalue weighted by molar-refractivity contribution is 6.77. The molecule has 0 aromatic carbocycles. The Kier molecular flexibility index (Phi) is 5.50. The lowest BCUT2D eigenvalue weighted by Crippen LogP contribution is -2.46. The average Bonchev–Trinajstić information content (AvgIpc) is 2.03. The van der Waals surface area contributed by atoms with Gasteiger partial charge in [-0.2, -0.15) is 0 Å². The minimum absolute atomic E-state index is 0.665. The molecule has 0 aromatic rings. The van der Waals surface area contributed by atoms with E-state index in [1.165, 1.54) is 0 Å². The fourth-order valence-corrected chi connectivity index (χ4v) is 7.78. The Balaban J connectivity index is 4.94. The molecular formula is C12H26OSi. The maximum atomic E-state index is 6.12. The number of hydrogen-bond donors (Lipinski definition) is 0. The molecule has 14 heavy (non-hydrogen) atoms. The molecule has 0 radical (unpaired) electrons. The first kappa shape index (κ1) is 13.8. The van der Waals surface area contributed by atoms with Gasteiger partial charge in [-0.05, 0) is 23.5 Å². The molecule has 0 aliphatic carbocycles. The SMILES string of the molecule is CC=CO[Si](C(C)C)(C(C)C)C(C)C. The van der Waals surface area contributed by atoms with E-state index in [0.29, 0.717) is 16.6 Å². The average molecular weight is 214 g/mol. The maximum Gasteiger partial charge on any atom is 0.257 e. The maximum absolute atomic E-state index is 6.12. The summed E-state index contributed by atoms with van der Waals surface area (Å²) in [5.41, 5.74) is 2.00. The largest absolute Gasteiger partial charge is 0.548 e. The zero-order chi connectivity index (χ0) is 11.4. The molecule has 0 bridgehead atoms. The van der Waals surface area contributed by atoms with Crippen molar-refractivity contribution in [1.82, 2.24) is 0 Å². The lowest BCUT2D eigenvalue weighted by molar-refractivity contribution is 0.416. The molecule has 0 saturated heterocycles. The molecule has 84 valence electrons. The molecule has 0 amide bonds. The third-order valence-electron chi connectivity index (χ3n) is 3.12. The fourth-order valence-electron chi connectivity index (χ4n) is 2.59. The molecule has 0 spiro atoms. The Morgan fingerprint density at radius 2 is 1.21 bits per heavy atom. The summed E-state index contributed by atoms with van der Waals surface area (Å²) < 4.78 is 6.12. The predicted octanol–water partition coefficient (Wildman–Crippen LogP) is 4.71. The minimum atomic E-state index is -1.64. The van der Waals surface area contributed by atoms with Gasteiger partial charge in [0.05, 0.1) is 6.26 Å². The second-order valence-corrected chi connectivity index (χ2v) is 10.3. The summed E-state index contributed by atoms with van der Waals surface area (Å²) in [5.74, 6) is 0. The molecule has 0 aliphatic heterocycles. The van der Waals surface area contributed by atoms with Crippen LogP contribution in [-0.2, 0) is 4.43 Å². The summed E-state index contributed by atoms with van der Waals surface area (Å²) in [4.78, 5) is 0. The van der Waals surface area contributed by atoms with Crippen molar-refractivity contribution < 1.29 is 4.43 Å². The Hall–Kier alpha value is -0.243. The van der Waals surface area contributed by atoms with Gasteiger partial charge in [-0.1, -0.05) is 47.6 Å². The molecule has 0 heterocycles. The number of rotatable bonds is 5. The minimum Gasteiger partial charge on any atom is -0.548 e. The predicted molar refractivity (Wildman–Crippen MR) is 66.9 cm³/mol. The highest BCUT2D eigenvalue weighted by Crippen LogP contribution is 2.42. The van der Waals surface area contributed by atoms with Crippen LogP contribution in [0.15, 0.2) is 12.3 Å². The molecule has 2 heteroatoms. The van der Waals surface area contributed by atoms with Crippen molar-refractivity contribution >= 4 is 8.32 Å². The normalized spacial score (nSPS) is 13.6. The summed E-state index contributed by atoms with van der Waals surface area (Å²) in [7, 11) is -1.64. The van der Waals surface area contributed by atoms with Gasteiger partial charge in [-0.25, -0.2) is 0 Å². The van der Waals surface area contributed by atoms with Gasteiger partial charge in [-0.3, -0.25) is 0 Å². The van der Waals surface area contributed by atoms with Crippen LogP contribution in [-0.4, -0.2) is 8.32 Å². The molecule has 0 N–H and O–H groups in total. The van der Waals surface area contributed by atoms with Gasteiger partial charge in [0.2, 0.25) is 0 Å². The fraction of sp³-hybridized carbons (Fsp3) is 0.833. The van der Waals surface area contributed by atoms with Crippen LogP contribution in [0.4, 0.5) is 0 Å². The van der Waals surface area contributed by atoms with E-state index in [4.69, 9.17) is 4.43 Å². The zero-order valence-corrected chi connectivity index (χ0v) is 11.8. The summed E-state index contributed by atoms with van der Waals surface area (Å²) in [5, 5.41) is 0. The van der Waals surface area contributed by atoms with Crippen LogP contribution in [0, 0.1) is 0 Å². The Morgan fingerprint density at radius 1 is 0.857 bits per heavy atom. The van der Waals surface area contributed by atoms with Crippen molar-refractivity contribution in [3.63, 3.8) is 0 Å². The molecular weight excluding hydrogens is 188 g/mol. The molecule has 0 rings (SSSR count). The van der Waals surface area contributed by atoms with Crippen LogP contribution >= 0.6 is 0 Å². The van der Waals surface area contributed by atoms with Crippen molar-refractivity contribution in [2.45, 2.75) is 65.1 Å². The lowest BCUT2D eigenvalue weighted by Gasteiger charge is -2.41. The zero-order valence-electron chi connectivity index (χ0n) is 10.8. The summed E-state index contributed by atoms with van der Waals surface area (Å²) >= 11 is 0. The molecule has 0 aliphatic rings. The first-order chi connectivity index (χ1) is 6.39. The molecule has 0 aromatic heterocycles. The third-order valence-corrected chi connectivity index (χ3v) is 9.07. The van der Waals surface area contributed by atoms with Crippen molar-refractivity contribution in [2.75, 3.05) is 0 Å². The van der Waals surface area contributed by atoms with E-state index >= 15 is 0 Å². The quantitative estimate of drug-likeness (QED) is 0.475. The topological polar surface area (TPSA) is 9.23 Å². The van der Waals surface area contributed by atoms with Gasteiger partial charge < -0.3 is 4.43 Å². The first-order valence-electron chi connectivity index (χ1n) is 5.68. The van der Waals surface area contributed by atoms with Crippen molar-refractivity contribution in [3.8, 4) is 0 Å². The molecule has 0 atom stereocenters. The van der Waals surface area contributed by atoms with E-state index in [2.05, 4.69) is 41.5 Å². The van der Waals surface area contributed by atoms with E-state index < -0.39 is 8.32 Å². The van der Waals surface area contributed by atoms with Crippen LogP contribution in [0.2, 0.25) is 16.6 Å². The van der Waals surface area contributed by atoms with Gasteiger partial charge in [-0.15, -0.1) is 0 Å². The van der Waals surface area contributed by atoms with Gasteiger partial charge in [0.1, 0.15) is 0 Å². The van der Waals surface area contributed by atoms with E-state index in [-0.39, 0.29) is 0 Å². The standard InChI is InChI=1S/C12H26OSi/c1-8-9-13-14(10(2)3,11(4)5)12(6)7/h8-12H,1-7H3. The lowest BCUT2D eigenvalue weighted by atomic mass is 10.5. The van der Waals surface area contributed by atoms with E-state index in [1.54, 1.807) is 0 Å². The highest BCUT2D eigenvalue weighted by atomic mass is 28.4. The Morgan fingerprint density at radius 3 is 1.43 bits per heavy atom. The summed E-state index contributed by atoms with van der Waals surface area (Å²) in [6.07, 6.45) is 3.89. The van der Waals surface area contributed by atoms with Gasteiger partial charge in [0.25, 0.3) is 8.32 Å². The van der Waals surface area contributed by atoms with E-state index in [0.717, 1.165) is 0 Å². The molecule has 1 nitrogen and oxygen atoms in total. The van der Waals surface area contributed by atoms with Crippen LogP contribution in [0.25, 0.3) is 0 Å². The van der Waals surface area contributed by atoms with Gasteiger partial charge in [0, 0.05) is 0 Å². The number of allylic oxidation sites excluding steroid dienone is 1. The first-order valence-corrected chi connectivity index (χ1v) is 7.82. The third kappa shape index (κ3) is 2.63. The van der Waals surface area contributed by atoms with Gasteiger partial charge >= 0.3 is 0 Å². The van der Waals surface area contributed by atoms with Crippen molar-refractivity contribution in [3.05, 3.63) is 12.3 Å². The monoisotopic (exact) mass is 214 g/mol. The Bertz CT molecular complexity index is 161. The van der Waals surface area contributed by atoms with E-state index in [1.807, 2.05) is 19.3 Å². The number of hydrogen-bond acceptors (Lipinski definition) is 1. The second-order valence-electron chi connectivity index (χ2n) is 4.90. The molecule has 0 unspecified atom stereocenters. The molecule has 0 saturated carbocycles. The van der Waals surface area contributed by atoms with Crippen molar-refractivity contribution in [1.29, 1.82) is 0 Å². The van der Waals surface area contributed by atoms with Crippen LogP contribution < -0.4 is 0 Å². The summed E-state index contributed by atoms with van der Waals surface area (Å²) in [6.45, 7) is 15.8. The van der Waals surface area contributed by atoms with Crippen LogP contribution in [0.1, 0.15) is 48.5 Å². The van der Waals surface area contributed by atoms with Crippen molar-refractivity contribution in [2.24, 2.45) is 0 Å². The Labute approximate surface area is 90.7 Å². The van der Waals surface area contributed by atoms with E-state index in [9.17, 15) is 0 Å². The highest BCUT2D eigenvalue weighted by Gasteiger charge is 2.46. The molecule has 0 fully saturated rings. The van der Waals surface area contributed by atoms with Crippen LogP contribution in [0.3, 0.4) is 0 Å². The van der Waals surface area contributed by atoms with Crippen LogP contribution in [0.5, 0.6) is 0 Å².